The number of hydrogen-bond acceptors (Lipinski definition) is 4. The smallest absolute Gasteiger partial charge is 0.347 e. The number of carbonyl (C=O) groups excluding carboxylic acids is 1. The Morgan fingerprint density at radius 2 is 2.22 bits per heavy atom. The Kier molecular flexibility index (Phi) is 5.47. The van der Waals surface area contributed by atoms with Crippen LogP contribution >= 0.6 is 11.6 Å². The van der Waals surface area contributed by atoms with Crippen molar-refractivity contribution in [2.75, 3.05) is 6.61 Å². The average Bonchev–Trinajstić information content (AvgIpc) is 2.36. The summed E-state index contributed by atoms with van der Waals surface area (Å²) in [6, 6.07) is 6.82. The predicted octanol–water partition coefficient (Wildman–Crippen LogP) is 2.93. The number of hydrogen-bond donors (Lipinski definition) is 0. The first-order valence-corrected chi connectivity index (χ1v) is 6.03. The van der Waals surface area contributed by atoms with Crippen LogP contribution in [-0.4, -0.2) is 18.7 Å². The second-order valence-electron chi connectivity index (χ2n) is 3.49. The number of halogens is 1. The fraction of sp³-hybridized carbons (Fsp3) is 0.385. The van der Waals surface area contributed by atoms with Gasteiger partial charge in [0.15, 0.2) is 6.10 Å². The maximum absolute atomic E-state index is 11.6. The van der Waals surface area contributed by atoms with E-state index in [0.717, 1.165) is 0 Å². The van der Waals surface area contributed by atoms with Crippen molar-refractivity contribution in [2.45, 2.75) is 26.4 Å². The van der Waals surface area contributed by atoms with Crippen LogP contribution in [0.5, 0.6) is 5.75 Å². The van der Waals surface area contributed by atoms with Gasteiger partial charge in [0.1, 0.15) is 17.4 Å². The van der Waals surface area contributed by atoms with E-state index in [4.69, 9.17) is 26.3 Å². The molecule has 1 rings (SSSR count). The molecule has 0 amide bonds. The Morgan fingerprint density at radius 1 is 1.50 bits per heavy atom. The fourth-order valence-electron chi connectivity index (χ4n) is 1.40. The normalized spacial score (nSPS) is 11.4. The topological polar surface area (TPSA) is 59.3 Å². The molecule has 0 spiro atoms. The van der Waals surface area contributed by atoms with Crippen molar-refractivity contribution in [1.82, 2.24) is 0 Å². The molecule has 4 nitrogen and oxygen atoms in total. The van der Waals surface area contributed by atoms with Crippen LogP contribution in [0.15, 0.2) is 18.2 Å². The van der Waals surface area contributed by atoms with Crippen LogP contribution < -0.4 is 4.74 Å². The Morgan fingerprint density at radius 3 is 2.78 bits per heavy atom. The minimum absolute atomic E-state index is 0.224. The number of nitrogens with zero attached hydrogens (tertiary/aromatic N) is 1. The van der Waals surface area contributed by atoms with Gasteiger partial charge in [-0.25, -0.2) is 4.79 Å². The van der Waals surface area contributed by atoms with E-state index < -0.39 is 12.1 Å². The molecule has 0 aromatic heterocycles. The monoisotopic (exact) mass is 267 g/mol. The van der Waals surface area contributed by atoms with Gasteiger partial charge in [-0.1, -0.05) is 24.6 Å². The van der Waals surface area contributed by atoms with E-state index in [2.05, 4.69) is 0 Å². The quantitative estimate of drug-likeness (QED) is 0.770. The predicted molar refractivity (Wildman–Crippen MR) is 67.5 cm³/mol. The Hall–Kier alpha value is -1.73. The van der Waals surface area contributed by atoms with E-state index in [0.29, 0.717) is 23.8 Å². The zero-order valence-corrected chi connectivity index (χ0v) is 11.0. The molecule has 1 atom stereocenters. The van der Waals surface area contributed by atoms with Gasteiger partial charge >= 0.3 is 5.97 Å². The summed E-state index contributed by atoms with van der Waals surface area (Å²) in [5, 5.41) is 9.30. The van der Waals surface area contributed by atoms with Crippen LogP contribution in [0.4, 0.5) is 0 Å². The molecule has 0 bridgehead atoms. The van der Waals surface area contributed by atoms with Crippen molar-refractivity contribution in [3.8, 4) is 11.8 Å². The third kappa shape index (κ3) is 3.38. The van der Waals surface area contributed by atoms with Crippen molar-refractivity contribution >= 4 is 17.6 Å². The van der Waals surface area contributed by atoms with Crippen molar-refractivity contribution in [3.63, 3.8) is 0 Å². The third-order valence-electron chi connectivity index (χ3n) is 2.28. The van der Waals surface area contributed by atoms with Gasteiger partial charge in [0.25, 0.3) is 0 Å². The summed E-state index contributed by atoms with van der Waals surface area (Å²) in [5.74, 6) is -0.145. The lowest BCUT2D eigenvalue weighted by Crippen LogP contribution is -2.29. The second-order valence-corrected chi connectivity index (χ2v) is 3.90. The molecule has 0 saturated carbocycles. The molecule has 1 unspecified atom stereocenters. The van der Waals surface area contributed by atoms with Crippen LogP contribution in [0, 0.1) is 11.3 Å². The lowest BCUT2D eigenvalue weighted by molar-refractivity contribution is -0.151. The minimum atomic E-state index is -0.726. The Bertz CT molecular complexity index is 468. The molecule has 0 radical (unpaired) electrons. The summed E-state index contributed by atoms with van der Waals surface area (Å²) >= 11 is 5.88. The summed E-state index contributed by atoms with van der Waals surface area (Å²) in [6.45, 7) is 3.82. The first-order valence-electron chi connectivity index (χ1n) is 5.65. The summed E-state index contributed by atoms with van der Waals surface area (Å²) < 4.78 is 10.4. The molecule has 18 heavy (non-hydrogen) atoms. The molecule has 0 fully saturated rings. The SMILES string of the molecule is CCOC(=O)C(CC)Oc1cccc(Cl)c1C#N. The average molecular weight is 268 g/mol. The first-order chi connectivity index (χ1) is 8.63. The molecule has 0 aliphatic heterocycles. The van der Waals surface area contributed by atoms with Gasteiger partial charge in [-0.15, -0.1) is 0 Å². The third-order valence-corrected chi connectivity index (χ3v) is 2.59. The van der Waals surface area contributed by atoms with Crippen molar-refractivity contribution in [3.05, 3.63) is 28.8 Å². The number of nitriles is 1. The number of esters is 1. The van der Waals surface area contributed by atoms with Gasteiger partial charge < -0.3 is 9.47 Å². The molecule has 0 heterocycles. The number of ether oxygens (including phenoxy) is 2. The molecule has 1 aromatic carbocycles. The van der Waals surface area contributed by atoms with Crippen LogP contribution in [0.25, 0.3) is 0 Å². The molecular formula is C13H14ClNO3. The zero-order chi connectivity index (χ0) is 13.5. The highest BCUT2D eigenvalue weighted by molar-refractivity contribution is 6.31. The molecule has 1 aromatic rings. The summed E-state index contributed by atoms with van der Waals surface area (Å²) in [5.41, 5.74) is 0.224. The standard InChI is InChI=1S/C13H14ClNO3/c1-3-11(13(16)17-4-2)18-12-7-5-6-10(14)9(12)8-15/h5-7,11H,3-4H2,1-2H3. The summed E-state index contributed by atoms with van der Waals surface area (Å²) in [4.78, 5) is 11.6. The van der Waals surface area contributed by atoms with E-state index in [1.807, 2.05) is 6.07 Å². The van der Waals surface area contributed by atoms with Crippen LogP contribution in [0.2, 0.25) is 5.02 Å². The molecule has 0 aliphatic carbocycles. The van der Waals surface area contributed by atoms with Crippen LogP contribution in [-0.2, 0) is 9.53 Å². The van der Waals surface area contributed by atoms with Crippen molar-refractivity contribution in [2.24, 2.45) is 0 Å². The maximum Gasteiger partial charge on any atom is 0.347 e. The molecule has 0 saturated heterocycles. The van der Waals surface area contributed by atoms with Crippen LogP contribution in [0.1, 0.15) is 25.8 Å². The largest absolute Gasteiger partial charge is 0.477 e. The molecule has 0 N–H and O–H groups in total. The molecule has 96 valence electrons. The van der Waals surface area contributed by atoms with Gasteiger partial charge in [-0.05, 0) is 25.5 Å². The molecule has 0 aliphatic rings. The summed E-state index contributed by atoms with van der Waals surface area (Å²) in [7, 11) is 0. The Labute approximate surface area is 111 Å². The van der Waals surface area contributed by atoms with E-state index >= 15 is 0 Å². The maximum atomic E-state index is 11.6. The lowest BCUT2D eigenvalue weighted by Gasteiger charge is -2.17. The zero-order valence-electron chi connectivity index (χ0n) is 10.3. The van der Waals surface area contributed by atoms with Crippen molar-refractivity contribution < 1.29 is 14.3 Å². The lowest BCUT2D eigenvalue weighted by atomic mass is 10.2. The van der Waals surface area contributed by atoms with E-state index in [1.54, 1.807) is 32.0 Å². The van der Waals surface area contributed by atoms with Gasteiger partial charge in [0.05, 0.1) is 11.6 Å². The highest BCUT2D eigenvalue weighted by Crippen LogP contribution is 2.26. The van der Waals surface area contributed by atoms with E-state index in [-0.39, 0.29) is 5.56 Å². The number of benzene rings is 1. The van der Waals surface area contributed by atoms with Gasteiger partial charge in [-0.3, -0.25) is 0 Å². The second kappa shape index (κ2) is 6.87. The summed E-state index contributed by atoms with van der Waals surface area (Å²) in [6.07, 6.45) is -0.272. The van der Waals surface area contributed by atoms with Gasteiger partial charge in [-0.2, -0.15) is 5.26 Å². The molecular weight excluding hydrogens is 254 g/mol. The molecule has 5 heteroatoms. The number of rotatable bonds is 5. The van der Waals surface area contributed by atoms with E-state index in [1.165, 1.54) is 0 Å². The highest BCUT2D eigenvalue weighted by atomic mass is 35.5. The Balaban J connectivity index is 2.92. The van der Waals surface area contributed by atoms with Gasteiger partial charge in [0, 0.05) is 0 Å². The highest BCUT2D eigenvalue weighted by Gasteiger charge is 2.21. The fourth-order valence-corrected chi connectivity index (χ4v) is 1.61. The first kappa shape index (κ1) is 14.3. The number of carbonyl (C=O) groups is 1. The minimum Gasteiger partial charge on any atom is -0.477 e. The van der Waals surface area contributed by atoms with Crippen molar-refractivity contribution in [1.29, 1.82) is 5.26 Å². The van der Waals surface area contributed by atoms with Gasteiger partial charge in [0.2, 0.25) is 0 Å². The van der Waals surface area contributed by atoms with E-state index in [9.17, 15) is 4.79 Å². The van der Waals surface area contributed by atoms with Crippen LogP contribution in [0.3, 0.4) is 0 Å².